The zero-order valence-corrected chi connectivity index (χ0v) is 12.1. The minimum absolute atomic E-state index is 0.217. The summed E-state index contributed by atoms with van der Waals surface area (Å²) in [7, 11) is 3.65. The van der Waals surface area contributed by atoms with Crippen LogP contribution >= 0.6 is 0 Å². The fraction of sp³-hybridized carbons (Fsp3) is 0.500. The van der Waals surface area contributed by atoms with Gasteiger partial charge in [0.2, 0.25) is 0 Å². The number of guanidine groups is 1. The van der Waals surface area contributed by atoms with Gasteiger partial charge < -0.3 is 15.5 Å². The van der Waals surface area contributed by atoms with Crippen LogP contribution in [0.15, 0.2) is 23.2 Å². The molecule has 5 heteroatoms. The van der Waals surface area contributed by atoms with Crippen molar-refractivity contribution >= 4 is 11.6 Å². The number of nitrogens with zero attached hydrogens (tertiary/aromatic N) is 2. The van der Waals surface area contributed by atoms with Gasteiger partial charge in [0.05, 0.1) is 12.2 Å². The van der Waals surface area contributed by atoms with E-state index in [0.717, 1.165) is 24.6 Å². The minimum atomic E-state index is -0.217. The van der Waals surface area contributed by atoms with Gasteiger partial charge in [0, 0.05) is 27.2 Å². The molecule has 0 spiro atoms. The van der Waals surface area contributed by atoms with Crippen LogP contribution in [0.2, 0.25) is 0 Å². The Morgan fingerprint density at radius 3 is 2.32 bits per heavy atom. The quantitative estimate of drug-likeness (QED) is 0.632. The van der Waals surface area contributed by atoms with Gasteiger partial charge in [-0.1, -0.05) is 6.07 Å². The molecule has 0 aromatic heterocycles. The van der Waals surface area contributed by atoms with Crippen molar-refractivity contribution in [3.63, 3.8) is 0 Å². The summed E-state index contributed by atoms with van der Waals surface area (Å²) in [5.41, 5.74) is 1.45. The van der Waals surface area contributed by atoms with Gasteiger partial charge in [-0.05, 0) is 31.5 Å². The van der Waals surface area contributed by atoms with Crippen molar-refractivity contribution in [1.29, 1.82) is 0 Å². The lowest BCUT2D eigenvalue weighted by Crippen LogP contribution is -2.36. The van der Waals surface area contributed by atoms with Crippen LogP contribution in [0.5, 0.6) is 0 Å². The number of anilines is 1. The number of rotatable bonds is 5. The van der Waals surface area contributed by atoms with Gasteiger partial charge in [-0.2, -0.15) is 0 Å². The summed E-state index contributed by atoms with van der Waals surface area (Å²) in [5.74, 6) is 0.535. The van der Waals surface area contributed by atoms with Crippen molar-refractivity contribution in [1.82, 2.24) is 10.6 Å². The van der Waals surface area contributed by atoms with Gasteiger partial charge in [-0.3, -0.25) is 0 Å². The highest BCUT2D eigenvalue weighted by atomic mass is 19.1. The summed E-state index contributed by atoms with van der Waals surface area (Å²) in [6.07, 6.45) is 0. The van der Waals surface area contributed by atoms with Crippen molar-refractivity contribution in [3.05, 3.63) is 29.6 Å². The van der Waals surface area contributed by atoms with Crippen molar-refractivity contribution in [2.45, 2.75) is 20.4 Å². The highest BCUT2D eigenvalue weighted by Crippen LogP contribution is 2.18. The molecule has 0 bridgehead atoms. The second-order valence-electron chi connectivity index (χ2n) is 4.41. The summed E-state index contributed by atoms with van der Waals surface area (Å²) in [4.78, 5) is 6.16. The van der Waals surface area contributed by atoms with E-state index in [1.54, 1.807) is 11.0 Å². The Bertz CT molecular complexity index is 421. The van der Waals surface area contributed by atoms with E-state index < -0.39 is 0 Å². The van der Waals surface area contributed by atoms with E-state index in [2.05, 4.69) is 15.6 Å². The molecule has 0 unspecified atom stereocenters. The highest BCUT2D eigenvalue weighted by molar-refractivity contribution is 5.79. The maximum Gasteiger partial charge on any atom is 0.191 e. The van der Waals surface area contributed by atoms with Crippen molar-refractivity contribution in [3.8, 4) is 0 Å². The van der Waals surface area contributed by atoms with E-state index in [0.29, 0.717) is 12.2 Å². The number of hydrogen-bond donors (Lipinski definition) is 2. The molecule has 0 aliphatic rings. The van der Waals surface area contributed by atoms with Gasteiger partial charge in [0.1, 0.15) is 5.82 Å². The summed E-state index contributed by atoms with van der Waals surface area (Å²) >= 11 is 0. The summed E-state index contributed by atoms with van der Waals surface area (Å²) in [6, 6.07) is 5.21. The van der Waals surface area contributed by atoms with E-state index in [1.807, 2.05) is 34.0 Å². The Kier molecular flexibility index (Phi) is 6.12. The molecule has 4 nitrogen and oxygen atoms in total. The number of nitrogens with one attached hydrogen (secondary N) is 2. The van der Waals surface area contributed by atoms with Crippen LogP contribution in [0, 0.1) is 5.82 Å². The molecule has 1 aromatic rings. The molecule has 0 fully saturated rings. The first-order chi connectivity index (χ1) is 9.08. The third-order valence-electron chi connectivity index (χ3n) is 2.60. The predicted octanol–water partition coefficient (Wildman–Crippen LogP) is 1.97. The van der Waals surface area contributed by atoms with Gasteiger partial charge >= 0.3 is 0 Å². The smallest absolute Gasteiger partial charge is 0.191 e. The van der Waals surface area contributed by atoms with Crippen molar-refractivity contribution in [2.24, 2.45) is 4.99 Å². The molecule has 19 heavy (non-hydrogen) atoms. The first-order valence-electron chi connectivity index (χ1n) is 6.56. The molecule has 106 valence electrons. The van der Waals surface area contributed by atoms with Crippen LogP contribution in [0.4, 0.5) is 10.1 Å². The summed E-state index contributed by atoms with van der Waals surface area (Å²) in [6.45, 7) is 6.09. The largest absolute Gasteiger partial charge is 0.375 e. The average molecular weight is 266 g/mol. The molecule has 0 aliphatic carbocycles. The third-order valence-corrected chi connectivity index (χ3v) is 2.60. The van der Waals surface area contributed by atoms with Crippen LogP contribution in [-0.2, 0) is 6.54 Å². The van der Waals surface area contributed by atoms with E-state index in [-0.39, 0.29) is 5.82 Å². The number of aliphatic imine (C=N–C) groups is 1. The molecule has 0 saturated heterocycles. The molecule has 0 aliphatic heterocycles. The molecule has 0 radical (unpaired) electrons. The Balaban J connectivity index is 2.76. The molecular weight excluding hydrogens is 243 g/mol. The van der Waals surface area contributed by atoms with Crippen LogP contribution in [0.25, 0.3) is 0 Å². The molecule has 2 N–H and O–H groups in total. The molecule has 0 heterocycles. The van der Waals surface area contributed by atoms with E-state index in [4.69, 9.17) is 0 Å². The topological polar surface area (TPSA) is 39.7 Å². The van der Waals surface area contributed by atoms with Crippen LogP contribution in [0.1, 0.15) is 19.4 Å². The second kappa shape index (κ2) is 7.61. The fourth-order valence-corrected chi connectivity index (χ4v) is 1.69. The molecular formula is C14H23FN4. The first-order valence-corrected chi connectivity index (χ1v) is 6.56. The second-order valence-corrected chi connectivity index (χ2v) is 4.41. The van der Waals surface area contributed by atoms with E-state index in [9.17, 15) is 4.39 Å². The van der Waals surface area contributed by atoms with Crippen LogP contribution < -0.4 is 15.5 Å². The normalized spacial score (nSPS) is 9.95. The van der Waals surface area contributed by atoms with Gasteiger partial charge in [0.25, 0.3) is 0 Å². The molecule has 0 saturated carbocycles. The standard InChI is InChI=1S/C14H23FN4/c1-5-16-14(17-6-2)18-10-11-7-8-13(19(3)4)12(15)9-11/h7-9H,5-6,10H2,1-4H3,(H2,16,17,18). The van der Waals surface area contributed by atoms with Crippen LogP contribution in [-0.4, -0.2) is 33.1 Å². The third kappa shape index (κ3) is 4.77. The van der Waals surface area contributed by atoms with E-state index in [1.165, 1.54) is 6.07 Å². The van der Waals surface area contributed by atoms with Gasteiger partial charge in [-0.15, -0.1) is 0 Å². The van der Waals surface area contributed by atoms with Gasteiger partial charge in [0.15, 0.2) is 5.96 Å². The first kappa shape index (κ1) is 15.3. The average Bonchev–Trinajstić information content (AvgIpc) is 2.36. The lowest BCUT2D eigenvalue weighted by molar-refractivity contribution is 0.624. The number of halogens is 1. The zero-order chi connectivity index (χ0) is 14.3. The Morgan fingerprint density at radius 2 is 1.84 bits per heavy atom. The van der Waals surface area contributed by atoms with Crippen molar-refractivity contribution in [2.75, 3.05) is 32.1 Å². The Labute approximate surface area is 114 Å². The molecule has 0 atom stereocenters. The maximum absolute atomic E-state index is 13.8. The Morgan fingerprint density at radius 1 is 1.21 bits per heavy atom. The number of benzene rings is 1. The number of hydrogen-bond acceptors (Lipinski definition) is 2. The highest BCUT2D eigenvalue weighted by Gasteiger charge is 2.05. The minimum Gasteiger partial charge on any atom is -0.375 e. The van der Waals surface area contributed by atoms with Crippen LogP contribution in [0.3, 0.4) is 0 Å². The molecule has 1 aromatic carbocycles. The van der Waals surface area contributed by atoms with E-state index >= 15 is 0 Å². The monoisotopic (exact) mass is 266 g/mol. The predicted molar refractivity (Wildman–Crippen MR) is 79.2 cm³/mol. The maximum atomic E-state index is 13.8. The molecule has 0 amide bonds. The fourth-order valence-electron chi connectivity index (χ4n) is 1.69. The lowest BCUT2D eigenvalue weighted by Gasteiger charge is -2.14. The van der Waals surface area contributed by atoms with Gasteiger partial charge in [-0.25, -0.2) is 9.38 Å². The summed E-state index contributed by atoms with van der Waals surface area (Å²) in [5, 5.41) is 6.27. The summed E-state index contributed by atoms with van der Waals surface area (Å²) < 4.78 is 13.8. The molecule has 1 rings (SSSR count). The lowest BCUT2D eigenvalue weighted by atomic mass is 10.2. The van der Waals surface area contributed by atoms with Crippen molar-refractivity contribution < 1.29 is 4.39 Å². The Hall–Kier alpha value is -1.78. The SMILES string of the molecule is CCNC(=NCc1ccc(N(C)C)c(F)c1)NCC. The zero-order valence-electron chi connectivity index (χ0n) is 12.1.